The van der Waals surface area contributed by atoms with Crippen LogP contribution >= 0.6 is 0 Å². The van der Waals surface area contributed by atoms with Crippen LogP contribution in [-0.4, -0.2) is 38.7 Å². The maximum atomic E-state index is 12.0. The van der Waals surface area contributed by atoms with E-state index < -0.39 is 27.8 Å². The molecule has 1 rings (SSSR count). The highest BCUT2D eigenvalue weighted by atomic mass is 32.2. The van der Waals surface area contributed by atoms with E-state index in [1.165, 1.54) is 19.1 Å². The van der Waals surface area contributed by atoms with Crippen LogP contribution in [0.5, 0.6) is 0 Å². The molecule has 0 spiro atoms. The van der Waals surface area contributed by atoms with E-state index in [9.17, 15) is 18.0 Å². The summed E-state index contributed by atoms with van der Waals surface area (Å²) in [5.74, 6) is -1.36. The summed E-state index contributed by atoms with van der Waals surface area (Å²) in [6, 6.07) is 7.12. The minimum absolute atomic E-state index is 0.177. The van der Waals surface area contributed by atoms with Crippen LogP contribution in [0.25, 0.3) is 0 Å². The van der Waals surface area contributed by atoms with Crippen molar-refractivity contribution >= 4 is 21.7 Å². The van der Waals surface area contributed by atoms with Crippen molar-refractivity contribution in [3.8, 4) is 0 Å². The monoisotopic (exact) mass is 313 g/mol. The molecule has 0 bridgehead atoms. The zero-order chi connectivity index (χ0) is 15.9. The van der Waals surface area contributed by atoms with E-state index in [0.29, 0.717) is 0 Å². The van der Waals surface area contributed by atoms with Crippen LogP contribution in [0.2, 0.25) is 0 Å². The Morgan fingerprint density at radius 1 is 1.24 bits per heavy atom. The minimum atomic E-state index is -3.50. The molecule has 0 fully saturated rings. The maximum absolute atomic E-state index is 12.0. The van der Waals surface area contributed by atoms with E-state index >= 15 is 0 Å². The number of ether oxygens (including phenoxy) is 1. The van der Waals surface area contributed by atoms with Gasteiger partial charge in [-0.15, -0.1) is 0 Å². The van der Waals surface area contributed by atoms with E-state index in [4.69, 9.17) is 4.74 Å². The second kappa shape index (κ2) is 7.78. The van der Waals surface area contributed by atoms with Gasteiger partial charge in [-0.05, 0) is 26.0 Å². The van der Waals surface area contributed by atoms with Crippen LogP contribution in [0.15, 0.2) is 35.2 Å². The van der Waals surface area contributed by atoms with Gasteiger partial charge in [-0.2, -0.15) is 0 Å². The van der Waals surface area contributed by atoms with Gasteiger partial charge < -0.3 is 10.1 Å². The zero-order valence-electron chi connectivity index (χ0n) is 12.0. The van der Waals surface area contributed by atoms with E-state index in [2.05, 4.69) is 5.32 Å². The Labute approximate surface area is 124 Å². The topological polar surface area (TPSA) is 89.5 Å². The van der Waals surface area contributed by atoms with Crippen molar-refractivity contribution in [2.45, 2.75) is 31.2 Å². The Bertz CT molecular complexity index is 583. The average Bonchev–Trinajstić information content (AvgIpc) is 2.46. The van der Waals surface area contributed by atoms with Gasteiger partial charge in [0.25, 0.3) is 0 Å². The van der Waals surface area contributed by atoms with Gasteiger partial charge in [0.05, 0.1) is 17.3 Å². The highest BCUT2D eigenvalue weighted by Gasteiger charge is 2.19. The number of benzene rings is 1. The van der Waals surface area contributed by atoms with Crippen molar-refractivity contribution in [1.82, 2.24) is 5.32 Å². The molecule has 1 aromatic rings. The average molecular weight is 313 g/mol. The number of hydrogen-bond donors (Lipinski definition) is 1. The van der Waals surface area contributed by atoms with Gasteiger partial charge in [-0.1, -0.05) is 18.2 Å². The molecule has 0 aliphatic rings. The lowest BCUT2D eigenvalue weighted by atomic mass is 10.3. The van der Waals surface area contributed by atoms with Crippen molar-refractivity contribution in [2.75, 3.05) is 12.4 Å². The van der Waals surface area contributed by atoms with Gasteiger partial charge in [0, 0.05) is 6.42 Å². The van der Waals surface area contributed by atoms with Crippen LogP contribution < -0.4 is 5.32 Å². The summed E-state index contributed by atoms with van der Waals surface area (Å²) >= 11 is 0. The SMILES string of the molecule is CCOC(=O)C(C)NC(=O)CCS(=O)(=O)c1ccccc1. The summed E-state index contributed by atoms with van der Waals surface area (Å²) in [6.45, 7) is 3.38. The minimum Gasteiger partial charge on any atom is -0.464 e. The third kappa shape index (κ3) is 5.55. The molecule has 1 atom stereocenters. The molecule has 7 heteroatoms. The number of sulfone groups is 1. The second-order valence-corrected chi connectivity index (χ2v) is 6.53. The third-order valence-corrected chi connectivity index (χ3v) is 4.45. The summed E-state index contributed by atoms with van der Waals surface area (Å²) in [7, 11) is -3.50. The molecular weight excluding hydrogens is 294 g/mol. The van der Waals surface area contributed by atoms with Gasteiger partial charge in [-0.25, -0.2) is 13.2 Å². The first-order chi connectivity index (χ1) is 9.86. The van der Waals surface area contributed by atoms with E-state index in [1.807, 2.05) is 0 Å². The van der Waals surface area contributed by atoms with Gasteiger partial charge in [0.1, 0.15) is 6.04 Å². The largest absolute Gasteiger partial charge is 0.464 e. The zero-order valence-corrected chi connectivity index (χ0v) is 12.9. The molecule has 1 aromatic carbocycles. The van der Waals surface area contributed by atoms with Gasteiger partial charge >= 0.3 is 5.97 Å². The van der Waals surface area contributed by atoms with Gasteiger partial charge in [0.2, 0.25) is 5.91 Å². The van der Waals surface area contributed by atoms with Crippen LogP contribution in [0.3, 0.4) is 0 Å². The van der Waals surface area contributed by atoms with Crippen LogP contribution in [0.1, 0.15) is 20.3 Å². The normalized spacial score (nSPS) is 12.5. The summed E-state index contributed by atoms with van der Waals surface area (Å²) in [5.41, 5.74) is 0. The molecule has 1 amide bonds. The van der Waals surface area contributed by atoms with Crippen LogP contribution in [0.4, 0.5) is 0 Å². The summed E-state index contributed by atoms with van der Waals surface area (Å²) in [6.07, 6.45) is -0.207. The molecule has 0 aliphatic heterocycles. The standard InChI is InChI=1S/C14H19NO5S/c1-3-20-14(17)11(2)15-13(16)9-10-21(18,19)12-7-5-4-6-8-12/h4-8,11H,3,9-10H2,1-2H3,(H,15,16). The molecule has 0 radical (unpaired) electrons. The number of esters is 1. The highest BCUT2D eigenvalue weighted by molar-refractivity contribution is 7.91. The lowest BCUT2D eigenvalue weighted by molar-refractivity contribution is -0.146. The molecule has 6 nitrogen and oxygen atoms in total. The summed E-state index contributed by atoms with van der Waals surface area (Å²) in [5, 5.41) is 2.41. The first kappa shape index (κ1) is 17.2. The molecule has 0 aliphatic carbocycles. The predicted octanol–water partition coefficient (Wildman–Crippen LogP) is 0.918. The van der Waals surface area contributed by atoms with E-state index in [-0.39, 0.29) is 23.7 Å². The second-order valence-electron chi connectivity index (χ2n) is 4.42. The molecule has 1 unspecified atom stereocenters. The quantitative estimate of drug-likeness (QED) is 0.756. The number of amides is 1. The Hall–Kier alpha value is -1.89. The Morgan fingerprint density at radius 3 is 2.43 bits per heavy atom. The smallest absolute Gasteiger partial charge is 0.328 e. The van der Waals surface area contributed by atoms with Crippen molar-refractivity contribution in [2.24, 2.45) is 0 Å². The van der Waals surface area contributed by atoms with Gasteiger partial charge in [-0.3, -0.25) is 4.79 Å². The first-order valence-electron chi connectivity index (χ1n) is 6.60. The first-order valence-corrected chi connectivity index (χ1v) is 8.26. The van der Waals surface area contributed by atoms with Crippen molar-refractivity contribution < 1.29 is 22.7 Å². The molecule has 0 saturated heterocycles. The highest BCUT2D eigenvalue weighted by Crippen LogP contribution is 2.11. The predicted molar refractivity (Wildman–Crippen MR) is 77.3 cm³/mol. The van der Waals surface area contributed by atoms with Crippen molar-refractivity contribution in [3.05, 3.63) is 30.3 Å². The van der Waals surface area contributed by atoms with Gasteiger partial charge in [0.15, 0.2) is 9.84 Å². The molecular formula is C14H19NO5S. The molecule has 0 saturated carbocycles. The van der Waals surface area contributed by atoms with Crippen LogP contribution in [-0.2, 0) is 24.2 Å². The molecule has 0 aromatic heterocycles. The number of rotatable bonds is 7. The fraction of sp³-hybridized carbons (Fsp3) is 0.429. The molecule has 116 valence electrons. The molecule has 21 heavy (non-hydrogen) atoms. The number of nitrogens with one attached hydrogen (secondary N) is 1. The Morgan fingerprint density at radius 2 is 1.86 bits per heavy atom. The van der Waals surface area contributed by atoms with Crippen molar-refractivity contribution in [3.63, 3.8) is 0 Å². The number of carbonyl (C=O) groups excluding carboxylic acids is 2. The fourth-order valence-corrected chi connectivity index (χ4v) is 2.87. The summed E-state index contributed by atoms with van der Waals surface area (Å²) in [4.78, 5) is 23.2. The lowest BCUT2D eigenvalue weighted by Gasteiger charge is -2.12. The lowest BCUT2D eigenvalue weighted by Crippen LogP contribution is -2.40. The van der Waals surface area contributed by atoms with Crippen LogP contribution in [0, 0.1) is 0 Å². The van der Waals surface area contributed by atoms with E-state index in [1.54, 1.807) is 25.1 Å². The molecule has 1 N–H and O–H groups in total. The van der Waals surface area contributed by atoms with Crippen molar-refractivity contribution in [1.29, 1.82) is 0 Å². The third-order valence-electron chi connectivity index (χ3n) is 2.72. The Balaban J connectivity index is 2.52. The molecule has 0 heterocycles. The number of carbonyl (C=O) groups is 2. The summed E-state index contributed by atoms with van der Waals surface area (Å²) < 4.78 is 28.7. The van der Waals surface area contributed by atoms with E-state index in [0.717, 1.165) is 0 Å². The Kier molecular flexibility index (Phi) is 6.36. The number of hydrogen-bond acceptors (Lipinski definition) is 5. The maximum Gasteiger partial charge on any atom is 0.328 e. The fourth-order valence-electron chi connectivity index (χ4n) is 1.61.